The van der Waals surface area contributed by atoms with Crippen molar-refractivity contribution in [3.63, 3.8) is 0 Å². The fourth-order valence-corrected chi connectivity index (χ4v) is 4.72. The number of benzene rings is 3. The quantitative estimate of drug-likeness (QED) is 0.220. The molecule has 0 aliphatic heterocycles. The number of carbonyl (C=O) groups excluding carboxylic acids is 1. The predicted octanol–water partition coefficient (Wildman–Crippen LogP) is 6.64. The van der Waals surface area contributed by atoms with E-state index in [1.807, 2.05) is 30.3 Å². The van der Waals surface area contributed by atoms with Gasteiger partial charge in [-0.2, -0.15) is 0 Å². The maximum Gasteiger partial charge on any atom is 0.251 e. The molecule has 1 N–H and O–H groups in total. The van der Waals surface area contributed by atoms with Gasteiger partial charge in [0.15, 0.2) is 0 Å². The first-order chi connectivity index (χ1) is 17.0. The monoisotopic (exact) mass is 533 g/mol. The number of carbonyl (C=O) groups is 1. The van der Waals surface area contributed by atoms with Crippen molar-refractivity contribution >= 4 is 32.9 Å². The van der Waals surface area contributed by atoms with Crippen LogP contribution in [0.1, 0.15) is 46.6 Å². The lowest BCUT2D eigenvalue weighted by Gasteiger charge is -2.13. The lowest BCUT2D eigenvalue weighted by Crippen LogP contribution is -2.25. The molecular formula is C29H32BrN3O2. The number of aryl methyl sites for hydroxylation is 4. The maximum atomic E-state index is 12.4. The number of amides is 1. The lowest BCUT2D eigenvalue weighted by molar-refractivity contribution is 0.0953. The highest BCUT2D eigenvalue weighted by atomic mass is 79.9. The molecule has 5 nitrogen and oxygen atoms in total. The number of unbranched alkanes of at least 4 members (excludes halogenated alkanes) is 1. The Morgan fingerprint density at radius 2 is 1.74 bits per heavy atom. The minimum absolute atomic E-state index is 0.0521. The molecule has 0 saturated heterocycles. The van der Waals surface area contributed by atoms with Crippen LogP contribution < -0.4 is 10.1 Å². The third kappa shape index (κ3) is 6.51. The summed E-state index contributed by atoms with van der Waals surface area (Å²) in [5.41, 5.74) is 5.21. The zero-order valence-electron chi connectivity index (χ0n) is 20.4. The lowest BCUT2D eigenvalue weighted by atomic mass is 10.1. The van der Waals surface area contributed by atoms with Crippen LogP contribution in [0.25, 0.3) is 11.0 Å². The Hall–Kier alpha value is -3.12. The average Bonchev–Trinajstić information content (AvgIpc) is 3.20. The Morgan fingerprint density at radius 3 is 2.54 bits per heavy atom. The van der Waals surface area contributed by atoms with Gasteiger partial charge in [-0.3, -0.25) is 4.79 Å². The second kappa shape index (κ2) is 12.0. The van der Waals surface area contributed by atoms with Crippen LogP contribution in [-0.2, 0) is 13.0 Å². The first-order valence-electron chi connectivity index (χ1n) is 12.2. The summed E-state index contributed by atoms with van der Waals surface area (Å²) in [5, 5.41) is 3.02. The van der Waals surface area contributed by atoms with Gasteiger partial charge < -0.3 is 14.6 Å². The number of ether oxygens (including phenoxy) is 1. The Bertz CT molecular complexity index is 1280. The van der Waals surface area contributed by atoms with Gasteiger partial charge in [0, 0.05) is 29.5 Å². The van der Waals surface area contributed by atoms with E-state index in [2.05, 4.69) is 76.1 Å². The average molecular weight is 534 g/mol. The van der Waals surface area contributed by atoms with Gasteiger partial charge in [-0.05, 0) is 74.6 Å². The minimum atomic E-state index is -0.0521. The number of nitrogens with one attached hydrogen (secondary N) is 1. The molecule has 0 radical (unpaired) electrons. The van der Waals surface area contributed by atoms with E-state index in [-0.39, 0.29) is 5.91 Å². The summed E-state index contributed by atoms with van der Waals surface area (Å²) in [6.07, 6.45) is 3.63. The molecule has 0 spiro atoms. The Morgan fingerprint density at radius 1 is 0.971 bits per heavy atom. The summed E-state index contributed by atoms with van der Waals surface area (Å²) >= 11 is 3.42. The number of aromatic nitrogens is 2. The van der Waals surface area contributed by atoms with E-state index in [0.29, 0.717) is 18.7 Å². The van der Waals surface area contributed by atoms with Gasteiger partial charge in [0.1, 0.15) is 11.6 Å². The number of hydrogen-bond acceptors (Lipinski definition) is 3. The third-order valence-electron chi connectivity index (χ3n) is 6.11. The minimum Gasteiger partial charge on any atom is -0.493 e. The molecule has 0 atom stereocenters. The van der Waals surface area contributed by atoms with Crippen LogP contribution in [0, 0.1) is 13.8 Å². The van der Waals surface area contributed by atoms with Crippen LogP contribution in [0.4, 0.5) is 0 Å². The van der Waals surface area contributed by atoms with Gasteiger partial charge in [-0.25, -0.2) is 4.98 Å². The largest absolute Gasteiger partial charge is 0.493 e. The molecule has 1 amide bonds. The Labute approximate surface area is 215 Å². The van der Waals surface area contributed by atoms with Gasteiger partial charge in [0.05, 0.1) is 17.6 Å². The standard InChI is InChI=1S/C29H32BrN3O2/c1-21-10-7-11-22(2)28(21)35-19-6-5-18-33-26-15-4-3-14-25(26)32-27(33)16-9-17-31-29(34)23-12-8-13-24(30)20-23/h3-4,7-8,10-15,20H,5-6,9,16-19H2,1-2H3,(H,31,34). The van der Waals surface area contributed by atoms with Gasteiger partial charge in [0.25, 0.3) is 5.91 Å². The summed E-state index contributed by atoms with van der Waals surface area (Å²) < 4.78 is 9.31. The van der Waals surface area contributed by atoms with Crippen molar-refractivity contribution in [1.82, 2.24) is 14.9 Å². The SMILES string of the molecule is Cc1cccc(C)c1OCCCCn1c(CCCNC(=O)c2cccc(Br)c2)nc2ccccc21. The molecule has 182 valence electrons. The molecule has 4 rings (SSSR count). The van der Waals surface area contributed by atoms with Crippen molar-refractivity contribution in [3.8, 4) is 5.75 Å². The molecule has 3 aromatic carbocycles. The molecule has 1 heterocycles. The molecule has 0 aliphatic carbocycles. The molecule has 4 aromatic rings. The second-order valence-corrected chi connectivity index (χ2v) is 9.73. The van der Waals surface area contributed by atoms with E-state index in [4.69, 9.17) is 9.72 Å². The number of nitrogens with zero attached hydrogens (tertiary/aromatic N) is 2. The van der Waals surface area contributed by atoms with Crippen molar-refractivity contribution in [3.05, 3.63) is 93.7 Å². The van der Waals surface area contributed by atoms with Gasteiger partial charge in [-0.15, -0.1) is 0 Å². The first-order valence-corrected chi connectivity index (χ1v) is 13.0. The molecule has 35 heavy (non-hydrogen) atoms. The number of fused-ring (bicyclic) bond motifs is 1. The number of rotatable bonds is 11. The summed E-state index contributed by atoms with van der Waals surface area (Å²) in [5.74, 6) is 2.02. The molecule has 0 fully saturated rings. The summed E-state index contributed by atoms with van der Waals surface area (Å²) in [4.78, 5) is 17.3. The predicted molar refractivity (Wildman–Crippen MR) is 145 cm³/mol. The number of imidazole rings is 1. The van der Waals surface area contributed by atoms with E-state index in [9.17, 15) is 4.79 Å². The van der Waals surface area contributed by atoms with Gasteiger partial charge in [-0.1, -0.05) is 52.3 Å². The van der Waals surface area contributed by atoms with Crippen LogP contribution in [0.3, 0.4) is 0 Å². The normalized spacial score (nSPS) is 11.1. The second-order valence-electron chi connectivity index (χ2n) is 8.81. The Balaban J connectivity index is 1.30. The summed E-state index contributed by atoms with van der Waals surface area (Å²) in [6, 6.07) is 22.0. The van der Waals surface area contributed by atoms with E-state index in [0.717, 1.165) is 59.3 Å². The van der Waals surface area contributed by atoms with Gasteiger partial charge >= 0.3 is 0 Å². The van der Waals surface area contributed by atoms with E-state index >= 15 is 0 Å². The number of hydrogen-bond donors (Lipinski definition) is 1. The van der Waals surface area contributed by atoms with Crippen molar-refractivity contribution in [2.24, 2.45) is 0 Å². The fourth-order valence-electron chi connectivity index (χ4n) is 4.32. The molecule has 1 aromatic heterocycles. The number of halogens is 1. The smallest absolute Gasteiger partial charge is 0.251 e. The van der Waals surface area contributed by atoms with E-state index in [1.54, 1.807) is 0 Å². The Kier molecular flexibility index (Phi) is 8.59. The van der Waals surface area contributed by atoms with Crippen molar-refractivity contribution in [2.45, 2.75) is 46.1 Å². The van der Waals surface area contributed by atoms with Crippen molar-refractivity contribution < 1.29 is 9.53 Å². The van der Waals surface area contributed by atoms with E-state index in [1.165, 1.54) is 11.1 Å². The molecular weight excluding hydrogens is 502 g/mol. The third-order valence-corrected chi connectivity index (χ3v) is 6.61. The van der Waals surface area contributed by atoms with Crippen LogP contribution in [-0.4, -0.2) is 28.6 Å². The fraction of sp³-hybridized carbons (Fsp3) is 0.310. The van der Waals surface area contributed by atoms with Crippen molar-refractivity contribution in [2.75, 3.05) is 13.2 Å². The molecule has 0 bridgehead atoms. The van der Waals surface area contributed by atoms with E-state index < -0.39 is 0 Å². The van der Waals surface area contributed by atoms with Crippen LogP contribution >= 0.6 is 15.9 Å². The maximum absolute atomic E-state index is 12.4. The van der Waals surface area contributed by atoms with Crippen LogP contribution in [0.2, 0.25) is 0 Å². The van der Waals surface area contributed by atoms with Gasteiger partial charge in [0.2, 0.25) is 0 Å². The molecule has 6 heteroatoms. The highest BCUT2D eigenvalue weighted by molar-refractivity contribution is 9.10. The summed E-state index contributed by atoms with van der Waals surface area (Å²) in [6.45, 7) is 6.39. The van der Waals surface area contributed by atoms with Crippen LogP contribution in [0.5, 0.6) is 5.75 Å². The highest BCUT2D eigenvalue weighted by Gasteiger charge is 2.11. The first kappa shape index (κ1) is 25.0. The molecule has 0 aliphatic rings. The summed E-state index contributed by atoms with van der Waals surface area (Å²) in [7, 11) is 0. The molecule has 0 unspecified atom stereocenters. The van der Waals surface area contributed by atoms with Crippen LogP contribution in [0.15, 0.2) is 71.2 Å². The topological polar surface area (TPSA) is 56.1 Å². The highest BCUT2D eigenvalue weighted by Crippen LogP contribution is 2.23. The number of para-hydroxylation sites is 3. The molecule has 0 saturated carbocycles. The van der Waals surface area contributed by atoms with Crippen molar-refractivity contribution in [1.29, 1.82) is 0 Å². The zero-order valence-corrected chi connectivity index (χ0v) is 22.0. The zero-order chi connectivity index (χ0) is 24.6.